The van der Waals surface area contributed by atoms with E-state index in [1.807, 2.05) is 85.9 Å². The summed E-state index contributed by atoms with van der Waals surface area (Å²) in [6, 6.07) is 68.8. The number of carbonyl (C=O) groups is 4. The third kappa shape index (κ3) is 25.0. The number of ketones is 2. The first-order valence-electron chi connectivity index (χ1n) is 41.9. The minimum atomic E-state index is -5.79. The van der Waals surface area contributed by atoms with Crippen molar-refractivity contribution in [3.8, 4) is 11.5 Å². The number of likely N-dealkylation sites (tertiary alicyclic amines) is 3. The Morgan fingerprint density at radius 2 is 1.05 bits per heavy atom. The maximum Gasteiger partial charge on any atom is 2.00 e. The molecule has 7 aromatic rings. The average Bonchev–Trinajstić information content (AvgIpc) is 1.21. The van der Waals surface area contributed by atoms with Gasteiger partial charge in [-0.3, -0.25) is 23.6 Å². The zero-order chi connectivity index (χ0) is 86.0. The van der Waals surface area contributed by atoms with E-state index in [0.717, 1.165) is 112 Å². The molecule has 6 aliphatic carbocycles. The van der Waals surface area contributed by atoms with Crippen LogP contribution >= 0.6 is 17.8 Å². The van der Waals surface area contributed by atoms with Crippen LogP contribution in [0.5, 0.6) is 11.5 Å². The molecule has 4 aliphatic heterocycles. The molecule has 118 heavy (non-hydrogen) atoms. The van der Waals surface area contributed by atoms with Crippen molar-refractivity contribution in [2.75, 3.05) is 73.2 Å². The average molecular weight is 1790 g/mol. The monoisotopic (exact) mass is 1790 g/mol. The van der Waals surface area contributed by atoms with E-state index in [1.165, 1.54) is 75.6 Å². The number of piperidine rings is 3. The first-order valence-corrected chi connectivity index (χ1v) is 47.0. The van der Waals surface area contributed by atoms with Crippen LogP contribution in [0.4, 0.5) is 17.6 Å². The Morgan fingerprint density at radius 1 is 0.636 bits per heavy atom. The Hall–Kier alpha value is -6.37. The van der Waals surface area contributed by atoms with E-state index in [9.17, 15) is 40.7 Å². The van der Waals surface area contributed by atoms with Crippen LogP contribution < -0.4 is 4.18 Å². The number of aromatic hydroxyl groups is 1. The second kappa shape index (κ2) is 46.2. The minimum Gasteiger partial charge on any atom is -0.508 e. The zero-order valence-electron chi connectivity index (χ0n) is 71.3. The smallest absolute Gasteiger partial charge is 0.508 e. The fourth-order valence-electron chi connectivity index (χ4n) is 20.0. The molecular formula is C94H124F4N3O12P2PdSSi. The molecule has 3 saturated carbocycles. The van der Waals surface area contributed by atoms with Gasteiger partial charge in [-0.2, -0.15) is 94.4 Å². The molecule has 17 rings (SSSR count). The Bertz CT molecular complexity index is 4290. The van der Waals surface area contributed by atoms with Gasteiger partial charge in [0.15, 0.2) is 5.79 Å². The van der Waals surface area contributed by atoms with Crippen molar-refractivity contribution in [3.05, 3.63) is 238 Å². The molecule has 1 radical (unpaired) electrons. The first kappa shape index (κ1) is 97.1. The number of carboxylic acids is 2. The van der Waals surface area contributed by atoms with Gasteiger partial charge in [0.2, 0.25) is 0 Å². The van der Waals surface area contributed by atoms with E-state index in [2.05, 4.69) is 163 Å². The molecule has 4 heterocycles. The molecule has 1 spiro atoms. The van der Waals surface area contributed by atoms with Crippen molar-refractivity contribution >= 4 is 60.2 Å². The molecule has 645 valence electrons. The molecule has 6 bridgehead atoms. The van der Waals surface area contributed by atoms with Gasteiger partial charge in [-0.15, -0.1) is 17.8 Å². The second-order valence-electron chi connectivity index (χ2n) is 32.4. The zero-order valence-corrected chi connectivity index (χ0v) is 75.8. The van der Waals surface area contributed by atoms with Gasteiger partial charge in [-0.1, -0.05) is 142 Å². The number of halogens is 4. The maximum absolute atomic E-state index is 13.0. The van der Waals surface area contributed by atoms with Crippen LogP contribution in [0.2, 0.25) is 18.1 Å². The van der Waals surface area contributed by atoms with Gasteiger partial charge in [0, 0.05) is 107 Å². The van der Waals surface area contributed by atoms with Crippen LogP contribution in [0.3, 0.4) is 0 Å². The third-order valence-electron chi connectivity index (χ3n) is 25.4. The number of nitrogens with zero attached hydrogens (tertiary/aromatic N) is 3. The number of alkyl halides is 4. The Kier molecular flexibility index (Phi) is 38.0. The van der Waals surface area contributed by atoms with Crippen molar-refractivity contribution in [3.63, 3.8) is 0 Å². The number of likely N-dealkylation sites (N-methyl/N-ethyl adjacent to an activating group) is 3. The van der Waals surface area contributed by atoms with Crippen molar-refractivity contribution < 1.29 is 95.9 Å². The Morgan fingerprint density at radius 3 is 1.49 bits per heavy atom. The number of hydrogen-bond acceptors (Lipinski definition) is 13. The van der Waals surface area contributed by atoms with Gasteiger partial charge in [0.1, 0.15) is 23.1 Å². The van der Waals surface area contributed by atoms with Crippen LogP contribution in [-0.4, -0.2) is 173 Å². The van der Waals surface area contributed by atoms with Crippen molar-refractivity contribution in [2.45, 2.75) is 214 Å². The summed E-state index contributed by atoms with van der Waals surface area (Å²) in [5, 5.41) is 24.9. The number of hydrogen-bond donors (Lipinski definition) is 3. The van der Waals surface area contributed by atoms with Crippen LogP contribution in [0.25, 0.3) is 0 Å². The van der Waals surface area contributed by atoms with E-state index in [1.54, 1.807) is 13.0 Å². The number of rotatable bonds is 10. The van der Waals surface area contributed by atoms with Gasteiger partial charge in [0.05, 0.1) is 21.7 Å². The summed E-state index contributed by atoms with van der Waals surface area (Å²) in [5.74, 6) is 1.84. The van der Waals surface area contributed by atoms with Crippen molar-refractivity contribution in [2.24, 2.45) is 17.8 Å². The molecule has 24 heteroatoms. The number of phenols is 1. The molecule has 15 nitrogen and oxygen atoms in total. The number of Topliss-reactive ketones (excluding diaryl/α,β-unsaturated/α-hetero) is 2. The predicted molar refractivity (Wildman–Crippen MR) is 466 cm³/mol. The summed E-state index contributed by atoms with van der Waals surface area (Å²) in [6.45, 7) is 17.2. The van der Waals surface area contributed by atoms with Crippen molar-refractivity contribution in [1.29, 1.82) is 0 Å². The molecule has 10 aliphatic rings. The van der Waals surface area contributed by atoms with Gasteiger partial charge in [-0.25, -0.2) is 0 Å². The molecule has 7 aromatic carbocycles. The van der Waals surface area contributed by atoms with Crippen LogP contribution in [0.15, 0.2) is 170 Å². The van der Waals surface area contributed by atoms with Gasteiger partial charge >= 0.3 is 36.0 Å². The van der Waals surface area contributed by atoms with E-state index in [0.29, 0.717) is 84.7 Å². The summed E-state index contributed by atoms with van der Waals surface area (Å²) in [6.07, 6.45) is 14.2. The third-order valence-corrected chi connectivity index (χ3v) is 31.2. The van der Waals surface area contributed by atoms with E-state index in [-0.39, 0.29) is 75.7 Å². The molecule has 7 fully saturated rings. The Labute approximate surface area is 720 Å². The topological polar surface area (TPSA) is 201 Å². The number of aryl methyl sites for hydroxylation is 2. The number of ether oxygens (including phenoxy) is 2. The number of fused-ring (bicyclic) bond motifs is 3. The van der Waals surface area contributed by atoms with Gasteiger partial charge < -0.3 is 43.7 Å². The second-order valence-corrected chi connectivity index (χ2v) is 40.1. The molecule has 4 saturated heterocycles. The number of carboxylic acid groups (broad SMARTS) is 2. The summed E-state index contributed by atoms with van der Waals surface area (Å²) in [4.78, 5) is 49.9. The molecule has 11 atom stereocenters. The quantitative estimate of drug-likeness (QED) is 0.0291. The normalized spacial score (nSPS) is 24.5. The van der Waals surface area contributed by atoms with Crippen LogP contribution in [0, 0.1) is 43.7 Å². The summed E-state index contributed by atoms with van der Waals surface area (Å²) < 4.78 is 95.0. The van der Waals surface area contributed by atoms with E-state index < -0.39 is 40.1 Å². The molecular weight excluding hydrogens is 1670 g/mol. The number of carbonyl (C=O) groups excluding carboxylic acids is 2. The van der Waals surface area contributed by atoms with Crippen LogP contribution in [0.1, 0.15) is 175 Å². The van der Waals surface area contributed by atoms with E-state index in [4.69, 9.17) is 34.8 Å². The standard InChI is InChI=1S/C19H22F3NO4S.C19H25NO3.C18H23NO.C15H18P2.C6H15Si.2C6H5.2C2H4O2.CH3F.Pd/c1-11-3-4-12-9-15-14-6-5-13(24)10-18(14,7-8-23(15)2)16(12)17(11)27-28(25,26)19(20,21)22;1-20-7-6-18-12-19(22-8-9-23-19)5-4-15(18)17(20)10-13-2-3-14(21)11-16(13)18;1-12-3-4-13-10-17-15-6-5-14(20)11-18(15,16(13)9-12)7-8-19(17)2;16-12-17-11-15(13-7-3-1-4-8-13)14-9-5-2-6-10-14;1-4-7(5-2)6-3;2*1-2-4-6-5-3-1;2*1-2(3)4;1-2;/h3-4,14-15H,5-10H2,1-2H3;2-3,11,15,17,21H,4-10,12H2,1H3;3-4,9,15,17H,5-8,10-11H2,1-2H3;1-10,15,17H,11-12,16H2;4-6H2,1-3H3;2*1-5H;2*1H3,(H,3,4);1H3;/q;;;;;2*-1;;;;+2/t14-,15?,18-;2*15-,17?,18-;;;;;;;;/m000......../s1/i;;;;;;;;;1D;. The SMILES string of the molecule is CC(=O)O.CC(=O)O.CC[Si](CC)CC.CN1CC[C@]23CC4(CC[C@H]2C1Cc1ccc(O)cc13)OCCO4.Cc1ccc2c(c1)[C@]13CCN(C)C(C2)[C@@H]1CCC(=O)C3.Cc1ccc2c(c1OS(=O)(=O)C(F)(F)F)[C@]13CCN(C)C(C2)[C@@H]1CCC(=O)C3.PCPCC(c1ccccc1)c1ccccc1.[2H]CF.[Pd+2].[c-]1ccccc1.[c-]1ccccc1. The van der Waals surface area contributed by atoms with Crippen LogP contribution in [-0.2, 0) is 94.7 Å². The minimum absolute atomic E-state index is 0. The maximum atomic E-state index is 13.0. The molecule has 5 unspecified atom stereocenters. The first-order chi connectivity index (χ1) is 56.3. The van der Waals surface area contributed by atoms with Crippen molar-refractivity contribution in [1.82, 2.24) is 14.7 Å². The van der Waals surface area contributed by atoms with E-state index >= 15 is 0 Å². The summed E-state index contributed by atoms with van der Waals surface area (Å²) in [7, 11) is 3.75. The Balaban J connectivity index is 0.000000197. The molecule has 0 aromatic heterocycles. The number of benzene rings is 7. The predicted octanol–water partition coefficient (Wildman–Crippen LogP) is 19.0. The molecule has 0 amide bonds. The summed E-state index contributed by atoms with van der Waals surface area (Å²) >= 11 is 0. The number of aliphatic carboxylic acids is 2. The molecule has 3 N–H and O–H groups in total. The largest absolute Gasteiger partial charge is 2.00 e. The fraction of sp³-hybridized carbons (Fsp3) is 0.511. The van der Waals surface area contributed by atoms with Gasteiger partial charge in [-0.05, 0) is 199 Å². The fourth-order valence-corrected chi connectivity index (χ4v) is 23.5. The van der Waals surface area contributed by atoms with Gasteiger partial charge in [0.25, 0.3) is 11.9 Å². The number of phenolic OH excluding ortho intramolecular Hbond substituents is 1. The summed E-state index contributed by atoms with van der Waals surface area (Å²) in [5.41, 5.74) is 5.69.